The van der Waals surface area contributed by atoms with Crippen molar-refractivity contribution in [1.82, 2.24) is 4.98 Å². The molecule has 0 saturated carbocycles. The summed E-state index contributed by atoms with van der Waals surface area (Å²) in [5.41, 5.74) is -1.28. The number of alkyl halides is 2. The lowest BCUT2D eigenvalue weighted by atomic mass is 10.0. The average molecular weight is 231 g/mol. The van der Waals surface area contributed by atoms with Crippen LogP contribution in [0.3, 0.4) is 0 Å². The topological polar surface area (TPSA) is 53.8 Å². The molecule has 0 spiro atoms. The average Bonchev–Trinajstić information content (AvgIpc) is 2.16. The molecule has 0 saturated heterocycles. The molecule has 3 nitrogen and oxygen atoms in total. The second kappa shape index (κ2) is 4.32. The Balaban J connectivity index is 3.60. The third kappa shape index (κ3) is 2.10. The Bertz CT molecular complexity index is 454. The van der Waals surface area contributed by atoms with Gasteiger partial charge in [0.05, 0.1) is 5.56 Å². The number of carbonyl (C=O) groups is 1. The lowest BCUT2D eigenvalue weighted by molar-refractivity contribution is 0.106. The Morgan fingerprint density at radius 2 is 2.27 bits per heavy atom. The number of halogens is 3. The van der Waals surface area contributed by atoms with E-state index in [-0.39, 0.29) is 11.3 Å². The maximum atomic E-state index is 12.6. The zero-order valence-corrected chi connectivity index (χ0v) is 8.35. The van der Waals surface area contributed by atoms with Crippen LogP contribution in [0.4, 0.5) is 8.78 Å². The predicted octanol–water partition coefficient (Wildman–Crippen LogP) is 2.58. The molecule has 0 atom stereocenters. The number of aryl methyl sites for hydroxylation is 1. The van der Waals surface area contributed by atoms with Crippen molar-refractivity contribution in [1.29, 1.82) is 5.26 Å². The molecule has 15 heavy (non-hydrogen) atoms. The molecule has 1 aromatic rings. The van der Waals surface area contributed by atoms with Crippen LogP contribution in [0.2, 0.25) is 0 Å². The summed E-state index contributed by atoms with van der Waals surface area (Å²) in [7, 11) is 0. The van der Waals surface area contributed by atoms with Crippen LogP contribution in [-0.2, 0) is 0 Å². The minimum Gasteiger partial charge on any atom is -0.275 e. The largest absolute Gasteiger partial charge is 0.275 e. The van der Waals surface area contributed by atoms with E-state index in [4.69, 9.17) is 16.9 Å². The molecular weight excluding hydrogens is 226 g/mol. The van der Waals surface area contributed by atoms with E-state index < -0.39 is 22.8 Å². The molecule has 1 aromatic heterocycles. The Kier molecular flexibility index (Phi) is 3.32. The normalized spacial score (nSPS) is 10.1. The number of carbonyl (C=O) groups excluding carboxylic acids is 1. The van der Waals surface area contributed by atoms with Crippen LogP contribution in [0.15, 0.2) is 6.20 Å². The summed E-state index contributed by atoms with van der Waals surface area (Å²) < 4.78 is 25.2. The SMILES string of the molecule is Cc1cnc(C#N)c(C(=O)Cl)c1C(F)F. The fourth-order valence-electron chi connectivity index (χ4n) is 1.19. The fourth-order valence-corrected chi connectivity index (χ4v) is 1.38. The maximum Gasteiger partial charge on any atom is 0.265 e. The van der Waals surface area contributed by atoms with Crippen LogP contribution >= 0.6 is 11.6 Å². The molecule has 0 bridgehead atoms. The highest BCUT2D eigenvalue weighted by molar-refractivity contribution is 6.68. The molecule has 6 heteroatoms. The molecule has 0 N–H and O–H groups in total. The molecule has 0 aliphatic rings. The van der Waals surface area contributed by atoms with Crippen LogP contribution in [0.5, 0.6) is 0 Å². The Labute approximate surface area is 89.3 Å². The summed E-state index contributed by atoms with van der Waals surface area (Å²) in [5, 5.41) is 7.50. The Hall–Kier alpha value is -1.54. The monoisotopic (exact) mass is 230 g/mol. The van der Waals surface area contributed by atoms with Gasteiger partial charge >= 0.3 is 0 Å². The zero-order valence-electron chi connectivity index (χ0n) is 7.59. The molecule has 0 amide bonds. The summed E-state index contributed by atoms with van der Waals surface area (Å²) in [4.78, 5) is 14.5. The molecule has 0 aliphatic carbocycles. The highest BCUT2D eigenvalue weighted by Crippen LogP contribution is 2.28. The van der Waals surface area contributed by atoms with Gasteiger partial charge in [-0.3, -0.25) is 4.79 Å². The Morgan fingerprint density at radius 1 is 1.67 bits per heavy atom. The van der Waals surface area contributed by atoms with Crippen molar-refractivity contribution in [3.05, 3.63) is 28.6 Å². The molecule has 1 heterocycles. The number of hydrogen-bond acceptors (Lipinski definition) is 3. The van der Waals surface area contributed by atoms with Gasteiger partial charge in [0.2, 0.25) is 0 Å². The second-order valence-electron chi connectivity index (χ2n) is 2.76. The first-order chi connectivity index (χ1) is 6.99. The first-order valence-electron chi connectivity index (χ1n) is 3.86. The van der Waals surface area contributed by atoms with E-state index in [1.165, 1.54) is 6.92 Å². The van der Waals surface area contributed by atoms with Crippen molar-refractivity contribution in [2.75, 3.05) is 0 Å². The fraction of sp³-hybridized carbons (Fsp3) is 0.222. The molecular formula is C9H5ClF2N2O. The van der Waals surface area contributed by atoms with E-state index in [1.807, 2.05) is 0 Å². The van der Waals surface area contributed by atoms with Gasteiger partial charge in [-0.05, 0) is 24.1 Å². The third-order valence-electron chi connectivity index (χ3n) is 1.84. The number of nitrogens with zero attached hydrogens (tertiary/aromatic N) is 2. The number of hydrogen-bond donors (Lipinski definition) is 0. The van der Waals surface area contributed by atoms with Crippen molar-refractivity contribution >= 4 is 16.8 Å². The standard InChI is InChI=1S/C9H5ClF2N2O/c1-4-3-14-5(2-13)7(8(10)15)6(4)9(11)12/h3,9H,1H3. The van der Waals surface area contributed by atoms with E-state index in [0.717, 1.165) is 6.20 Å². The first-order valence-corrected chi connectivity index (χ1v) is 4.24. The third-order valence-corrected chi connectivity index (χ3v) is 2.03. The minimum atomic E-state index is -2.86. The highest BCUT2D eigenvalue weighted by atomic mass is 35.5. The lowest BCUT2D eigenvalue weighted by Gasteiger charge is -2.09. The van der Waals surface area contributed by atoms with E-state index in [0.29, 0.717) is 0 Å². The summed E-state index contributed by atoms with van der Waals surface area (Å²) in [5.74, 6) is 0. The number of rotatable bonds is 2. The molecule has 78 valence electrons. The van der Waals surface area contributed by atoms with Crippen LogP contribution in [0.25, 0.3) is 0 Å². The van der Waals surface area contributed by atoms with Gasteiger partial charge in [-0.1, -0.05) is 0 Å². The number of aromatic nitrogens is 1. The maximum absolute atomic E-state index is 12.6. The lowest BCUT2D eigenvalue weighted by Crippen LogP contribution is -2.06. The molecule has 1 rings (SSSR count). The first kappa shape index (κ1) is 11.5. The molecule has 0 unspecified atom stereocenters. The van der Waals surface area contributed by atoms with Crippen molar-refractivity contribution in [3.8, 4) is 6.07 Å². The summed E-state index contributed by atoms with van der Waals surface area (Å²) >= 11 is 5.14. The van der Waals surface area contributed by atoms with Crippen molar-refractivity contribution in [3.63, 3.8) is 0 Å². The van der Waals surface area contributed by atoms with Crippen molar-refractivity contribution in [2.24, 2.45) is 0 Å². The number of pyridine rings is 1. The van der Waals surface area contributed by atoms with Gasteiger partial charge in [-0.15, -0.1) is 0 Å². The van der Waals surface area contributed by atoms with E-state index in [9.17, 15) is 13.6 Å². The van der Waals surface area contributed by atoms with Gasteiger partial charge in [0.25, 0.3) is 11.7 Å². The zero-order chi connectivity index (χ0) is 11.6. The van der Waals surface area contributed by atoms with E-state index >= 15 is 0 Å². The van der Waals surface area contributed by atoms with Gasteiger partial charge < -0.3 is 0 Å². The van der Waals surface area contributed by atoms with E-state index in [2.05, 4.69) is 4.98 Å². The molecule has 0 fully saturated rings. The molecule has 0 aromatic carbocycles. The van der Waals surface area contributed by atoms with Crippen molar-refractivity contribution in [2.45, 2.75) is 13.3 Å². The van der Waals surface area contributed by atoms with Crippen LogP contribution in [-0.4, -0.2) is 10.2 Å². The number of nitriles is 1. The quantitative estimate of drug-likeness (QED) is 0.734. The molecule has 0 radical (unpaired) electrons. The van der Waals surface area contributed by atoms with E-state index in [1.54, 1.807) is 6.07 Å². The van der Waals surface area contributed by atoms with Gasteiger partial charge in [0.15, 0.2) is 5.69 Å². The van der Waals surface area contributed by atoms with Crippen LogP contribution in [0.1, 0.15) is 33.6 Å². The van der Waals surface area contributed by atoms with Crippen LogP contribution in [0, 0.1) is 18.3 Å². The van der Waals surface area contributed by atoms with Gasteiger partial charge in [-0.25, -0.2) is 13.8 Å². The smallest absolute Gasteiger partial charge is 0.265 e. The van der Waals surface area contributed by atoms with Gasteiger partial charge in [0.1, 0.15) is 6.07 Å². The summed E-state index contributed by atoms with van der Waals surface area (Å²) in [6.07, 6.45) is -1.75. The minimum absolute atomic E-state index is 0.132. The second-order valence-corrected chi connectivity index (χ2v) is 3.11. The summed E-state index contributed by atoms with van der Waals surface area (Å²) in [6, 6.07) is 1.55. The van der Waals surface area contributed by atoms with Crippen molar-refractivity contribution < 1.29 is 13.6 Å². The molecule has 0 aliphatic heterocycles. The van der Waals surface area contributed by atoms with Gasteiger partial charge in [-0.2, -0.15) is 5.26 Å². The summed E-state index contributed by atoms with van der Waals surface area (Å²) in [6.45, 7) is 1.37. The Morgan fingerprint density at radius 3 is 2.67 bits per heavy atom. The van der Waals surface area contributed by atoms with Crippen LogP contribution < -0.4 is 0 Å². The van der Waals surface area contributed by atoms with Gasteiger partial charge in [0, 0.05) is 11.8 Å². The predicted molar refractivity (Wildman–Crippen MR) is 48.8 cm³/mol. The highest BCUT2D eigenvalue weighted by Gasteiger charge is 2.24.